The van der Waals surface area contributed by atoms with Crippen molar-refractivity contribution in [1.29, 1.82) is 0 Å². The number of halogens is 4. The number of para-hydroxylation sites is 1. The molecule has 1 heterocycles. The van der Waals surface area contributed by atoms with Crippen LogP contribution in [0.5, 0.6) is 0 Å². The number of hydrogen-bond acceptors (Lipinski definition) is 1. The Morgan fingerprint density at radius 1 is 0.839 bits per heavy atom. The highest BCUT2D eigenvalue weighted by atomic mass is 19.2. The van der Waals surface area contributed by atoms with Gasteiger partial charge < -0.3 is 4.90 Å². The molecule has 4 rings (SSSR count). The largest absolute Gasteiger partial charge is 0.302 e. The van der Waals surface area contributed by atoms with Crippen LogP contribution >= 0.6 is 0 Å². The average molecular weight is 427 g/mol. The maximum atomic E-state index is 14.5. The summed E-state index contributed by atoms with van der Waals surface area (Å²) >= 11 is 0. The number of amides is 1. The van der Waals surface area contributed by atoms with Crippen molar-refractivity contribution >= 4 is 11.6 Å². The first-order valence-corrected chi connectivity index (χ1v) is 9.90. The minimum atomic E-state index is -2.00. The molecule has 0 aliphatic carbocycles. The van der Waals surface area contributed by atoms with Crippen molar-refractivity contribution in [3.05, 3.63) is 101 Å². The number of rotatable bonds is 2. The zero-order valence-corrected chi connectivity index (χ0v) is 17.3. The van der Waals surface area contributed by atoms with Crippen LogP contribution in [0.4, 0.5) is 23.2 Å². The summed E-state index contributed by atoms with van der Waals surface area (Å²) in [6.07, 6.45) is 0.473. The van der Waals surface area contributed by atoms with Crippen molar-refractivity contribution in [2.24, 2.45) is 0 Å². The Kier molecular flexibility index (Phi) is 4.91. The second kappa shape index (κ2) is 7.22. The standard InChI is InChI=1S/C25H21F4NO/c1-24(2)14-25(3,15-9-5-4-6-10-15)17-11-7-8-12-19(17)30(24)23(31)16-13-18(26)21(28)22(29)20(16)27/h4-13H,14H2,1-3H3. The lowest BCUT2D eigenvalue weighted by Crippen LogP contribution is -2.56. The highest BCUT2D eigenvalue weighted by Crippen LogP contribution is 2.50. The lowest BCUT2D eigenvalue weighted by atomic mass is 9.65. The number of nitrogens with zero attached hydrogens (tertiary/aromatic N) is 1. The summed E-state index contributed by atoms with van der Waals surface area (Å²) in [5, 5.41) is 0. The molecule has 160 valence electrons. The number of carbonyl (C=O) groups excluding carboxylic acids is 1. The fourth-order valence-electron chi connectivity index (χ4n) is 4.80. The first-order valence-electron chi connectivity index (χ1n) is 9.90. The van der Waals surface area contributed by atoms with E-state index >= 15 is 0 Å². The Morgan fingerprint density at radius 2 is 1.45 bits per heavy atom. The Labute approximate surface area is 178 Å². The molecule has 0 saturated heterocycles. The maximum absolute atomic E-state index is 14.5. The number of carbonyl (C=O) groups is 1. The van der Waals surface area contributed by atoms with Gasteiger partial charge in [-0.3, -0.25) is 4.79 Å². The molecule has 1 atom stereocenters. The van der Waals surface area contributed by atoms with Gasteiger partial charge in [-0.15, -0.1) is 0 Å². The SMILES string of the molecule is CC1(c2ccccc2)CC(C)(C)N(C(=O)c2cc(F)c(F)c(F)c2F)c2ccccc21. The molecule has 3 aromatic carbocycles. The van der Waals surface area contributed by atoms with Crippen LogP contribution in [-0.4, -0.2) is 11.4 Å². The highest BCUT2D eigenvalue weighted by molar-refractivity contribution is 6.08. The third-order valence-corrected chi connectivity index (χ3v) is 6.08. The Hall–Kier alpha value is -3.15. The van der Waals surface area contributed by atoms with Crippen molar-refractivity contribution in [1.82, 2.24) is 0 Å². The molecule has 2 nitrogen and oxygen atoms in total. The third-order valence-electron chi connectivity index (χ3n) is 6.08. The van der Waals surface area contributed by atoms with Crippen molar-refractivity contribution in [2.75, 3.05) is 4.90 Å². The van der Waals surface area contributed by atoms with Gasteiger partial charge in [0.1, 0.15) is 0 Å². The Bertz CT molecular complexity index is 1180. The first kappa shape index (κ1) is 21.1. The van der Waals surface area contributed by atoms with E-state index in [9.17, 15) is 22.4 Å². The quantitative estimate of drug-likeness (QED) is 0.264. The monoisotopic (exact) mass is 427 g/mol. The van der Waals surface area contributed by atoms with E-state index in [0.717, 1.165) is 11.1 Å². The highest BCUT2D eigenvalue weighted by Gasteiger charge is 2.48. The summed E-state index contributed by atoms with van der Waals surface area (Å²) in [7, 11) is 0. The molecule has 1 amide bonds. The van der Waals surface area contributed by atoms with Gasteiger partial charge in [0.25, 0.3) is 5.91 Å². The molecule has 0 aromatic heterocycles. The average Bonchev–Trinajstić information content (AvgIpc) is 2.74. The predicted molar refractivity (Wildman–Crippen MR) is 111 cm³/mol. The van der Waals surface area contributed by atoms with Gasteiger partial charge in [-0.2, -0.15) is 0 Å². The molecule has 0 saturated carbocycles. The van der Waals surface area contributed by atoms with Crippen LogP contribution in [-0.2, 0) is 5.41 Å². The Balaban J connectivity index is 1.92. The van der Waals surface area contributed by atoms with Crippen molar-refractivity contribution in [2.45, 2.75) is 38.1 Å². The third kappa shape index (κ3) is 3.21. The fraction of sp³-hybridized carbons (Fsp3) is 0.240. The molecule has 0 spiro atoms. The van der Waals surface area contributed by atoms with Crippen LogP contribution in [0.3, 0.4) is 0 Å². The Morgan fingerprint density at radius 3 is 2.13 bits per heavy atom. The van der Waals surface area contributed by atoms with E-state index in [2.05, 4.69) is 6.92 Å². The van der Waals surface area contributed by atoms with Crippen molar-refractivity contribution in [3.63, 3.8) is 0 Å². The molecule has 0 bridgehead atoms. The van der Waals surface area contributed by atoms with Crippen LogP contribution in [0.2, 0.25) is 0 Å². The fourth-order valence-corrected chi connectivity index (χ4v) is 4.80. The normalized spacial score (nSPS) is 19.8. The van der Waals surface area contributed by atoms with E-state index in [1.165, 1.54) is 4.90 Å². The lowest BCUT2D eigenvalue weighted by molar-refractivity contribution is 0.0942. The minimum Gasteiger partial charge on any atom is -0.302 e. The summed E-state index contributed by atoms with van der Waals surface area (Å²) < 4.78 is 55.6. The summed E-state index contributed by atoms with van der Waals surface area (Å²) in [4.78, 5) is 14.7. The van der Waals surface area contributed by atoms with Crippen molar-refractivity contribution in [3.8, 4) is 0 Å². The van der Waals surface area contributed by atoms with E-state index in [0.29, 0.717) is 18.2 Å². The van der Waals surface area contributed by atoms with Crippen LogP contribution in [0, 0.1) is 23.3 Å². The van der Waals surface area contributed by atoms with Gasteiger partial charge in [0.2, 0.25) is 0 Å². The van der Waals surface area contributed by atoms with Gasteiger partial charge >= 0.3 is 0 Å². The smallest absolute Gasteiger partial charge is 0.261 e. The number of fused-ring (bicyclic) bond motifs is 1. The summed E-state index contributed by atoms with van der Waals surface area (Å²) in [5.74, 6) is -8.18. The van der Waals surface area contributed by atoms with E-state index in [1.54, 1.807) is 12.1 Å². The van der Waals surface area contributed by atoms with Crippen LogP contribution in [0.15, 0.2) is 60.7 Å². The van der Waals surface area contributed by atoms with E-state index in [-0.39, 0.29) is 0 Å². The van der Waals surface area contributed by atoms with Crippen LogP contribution < -0.4 is 4.90 Å². The second-order valence-electron chi connectivity index (χ2n) is 8.69. The van der Waals surface area contributed by atoms with E-state index in [1.807, 2.05) is 56.3 Å². The minimum absolute atomic E-state index is 0.416. The summed E-state index contributed by atoms with van der Waals surface area (Å²) in [6, 6.07) is 17.4. The summed E-state index contributed by atoms with van der Waals surface area (Å²) in [5.41, 5.74) is 0.243. The number of anilines is 1. The topological polar surface area (TPSA) is 20.3 Å². The first-order chi connectivity index (χ1) is 14.6. The number of hydrogen-bond donors (Lipinski definition) is 0. The van der Waals surface area contributed by atoms with Gasteiger partial charge in [0.05, 0.1) is 5.56 Å². The van der Waals surface area contributed by atoms with Crippen molar-refractivity contribution < 1.29 is 22.4 Å². The van der Waals surface area contributed by atoms with Crippen LogP contribution in [0.25, 0.3) is 0 Å². The molecular formula is C25H21F4NO. The van der Waals surface area contributed by atoms with Gasteiger partial charge in [0, 0.05) is 16.6 Å². The van der Waals surface area contributed by atoms with Gasteiger partial charge in [0.15, 0.2) is 23.3 Å². The summed E-state index contributed by atoms with van der Waals surface area (Å²) in [6.45, 7) is 5.70. The zero-order valence-electron chi connectivity index (χ0n) is 17.3. The molecule has 1 aliphatic heterocycles. The van der Waals surface area contributed by atoms with E-state index in [4.69, 9.17) is 0 Å². The molecule has 0 radical (unpaired) electrons. The predicted octanol–water partition coefficient (Wildman–Crippen LogP) is 6.38. The molecule has 0 fully saturated rings. The second-order valence-corrected chi connectivity index (χ2v) is 8.69. The molecule has 6 heteroatoms. The molecule has 1 aliphatic rings. The molecule has 0 N–H and O–H groups in total. The maximum Gasteiger partial charge on any atom is 0.261 e. The number of benzene rings is 3. The molecule has 3 aromatic rings. The molecule has 31 heavy (non-hydrogen) atoms. The van der Waals surface area contributed by atoms with Gasteiger partial charge in [-0.05, 0) is 43.5 Å². The molecular weight excluding hydrogens is 406 g/mol. The van der Waals surface area contributed by atoms with Gasteiger partial charge in [-0.1, -0.05) is 55.5 Å². The lowest BCUT2D eigenvalue weighted by Gasteiger charge is -2.51. The van der Waals surface area contributed by atoms with Crippen LogP contribution in [0.1, 0.15) is 48.7 Å². The zero-order chi connectivity index (χ0) is 22.6. The van der Waals surface area contributed by atoms with E-state index < -0.39 is 45.7 Å². The van der Waals surface area contributed by atoms with Gasteiger partial charge in [-0.25, -0.2) is 17.6 Å². The molecule has 1 unspecified atom stereocenters.